The Morgan fingerprint density at radius 1 is 1.38 bits per heavy atom. The van der Waals surface area contributed by atoms with Gasteiger partial charge in [-0.25, -0.2) is 4.39 Å². The van der Waals surface area contributed by atoms with E-state index in [1.54, 1.807) is 6.07 Å². The zero-order valence-electron chi connectivity index (χ0n) is 12.7. The van der Waals surface area contributed by atoms with Crippen molar-refractivity contribution in [1.82, 2.24) is 10.2 Å². The van der Waals surface area contributed by atoms with Gasteiger partial charge in [0, 0.05) is 41.8 Å². The molecule has 1 unspecified atom stereocenters. The van der Waals surface area contributed by atoms with Gasteiger partial charge in [-0.3, -0.25) is 4.90 Å². The van der Waals surface area contributed by atoms with E-state index in [9.17, 15) is 4.39 Å². The average Bonchev–Trinajstić information content (AvgIpc) is 2.94. The molecule has 116 valence electrons. The summed E-state index contributed by atoms with van der Waals surface area (Å²) in [5.41, 5.74) is 1.00. The number of rotatable bonds is 3. The number of nitrogens with one attached hydrogen (secondary N) is 1. The first-order valence-electron chi connectivity index (χ1n) is 8.05. The molecule has 1 aliphatic heterocycles. The lowest BCUT2D eigenvalue weighted by Crippen LogP contribution is -2.63. The van der Waals surface area contributed by atoms with Crippen molar-refractivity contribution >= 4 is 11.6 Å². The molecule has 1 aromatic carbocycles. The molecule has 3 rings (SSSR count). The maximum absolute atomic E-state index is 14.1. The Kier molecular flexibility index (Phi) is 4.53. The molecule has 2 fully saturated rings. The second-order valence-corrected chi connectivity index (χ2v) is 6.97. The Bertz CT molecular complexity index is 500. The van der Waals surface area contributed by atoms with Crippen molar-refractivity contribution in [1.29, 1.82) is 0 Å². The van der Waals surface area contributed by atoms with Crippen LogP contribution < -0.4 is 5.32 Å². The first-order valence-corrected chi connectivity index (χ1v) is 8.43. The van der Waals surface area contributed by atoms with Crippen molar-refractivity contribution in [2.24, 2.45) is 0 Å². The SMILES string of the molecule is CCC1CN(Cc2ccc(Cl)cc2F)C2(CCCC2)CN1. The largest absolute Gasteiger partial charge is 0.311 e. The molecule has 1 spiro atoms. The van der Waals surface area contributed by atoms with Gasteiger partial charge >= 0.3 is 0 Å². The molecule has 0 amide bonds. The maximum atomic E-state index is 14.1. The Hall–Kier alpha value is -0.640. The van der Waals surface area contributed by atoms with Gasteiger partial charge in [0.1, 0.15) is 5.82 Å². The van der Waals surface area contributed by atoms with E-state index in [4.69, 9.17) is 11.6 Å². The molecule has 1 saturated heterocycles. The van der Waals surface area contributed by atoms with Crippen LogP contribution in [0, 0.1) is 5.82 Å². The molecule has 21 heavy (non-hydrogen) atoms. The second-order valence-electron chi connectivity index (χ2n) is 6.53. The summed E-state index contributed by atoms with van der Waals surface area (Å²) in [4.78, 5) is 2.52. The fourth-order valence-electron chi connectivity index (χ4n) is 3.86. The van der Waals surface area contributed by atoms with Gasteiger partial charge in [0.05, 0.1) is 0 Å². The molecule has 4 heteroatoms. The lowest BCUT2D eigenvalue weighted by atomic mass is 9.89. The Morgan fingerprint density at radius 3 is 2.81 bits per heavy atom. The molecule has 2 aliphatic rings. The minimum absolute atomic E-state index is 0.178. The van der Waals surface area contributed by atoms with Crippen molar-refractivity contribution < 1.29 is 4.39 Å². The van der Waals surface area contributed by atoms with Crippen LogP contribution in [-0.4, -0.2) is 29.6 Å². The molecule has 1 heterocycles. The highest BCUT2D eigenvalue weighted by Crippen LogP contribution is 2.38. The minimum atomic E-state index is -0.178. The van der Waals surface area contributed by atoms with Gasteiger partial charge in [-0.2, -0.15) is 0 Å². The van der Waals surface area contributed by atoms with Gasteiger partial charge in [-0.05, 0) is 31.4 Å². The molecule has 0 aromatic heterocycles. The van der Waals surface area contributed by atoms with E-state index in [0.29, 0.717) is 17.6 Å². The summed E-state index contributed by atoms with van der Waals surface area (Å²) in [7, 11) is 0. The van der Waals surface area contributed by atoms with E-state index in [1.807, 2.05) is 6.07 Å². The maximum Gasteiger partial charge on any atom is 0.129 e. The average molecular weight is 311 g/mol. The molecule has 2 nitrogen and oxygen atoms in total. The summed E-state index contributed by atoms with van der Waals surface area (Å²) in [6.45, 7) is 4.96. The smallest absolute Gasteiger partial charge is 0.129 e. The predicted molar refractivity (Wildman–Crippen MR) is 85.1 cm³/mol. The van der Waals surface area contributed by atoms with Crippen molar-refractivity contribution in [3.63, 3.8) is 0 Å². The third-order valence-electron chi connectivity index (χ3n) is 5.23. The highest BCUT2D eigenvalue weighted by Gasteiger charge is 2.43. The van der Waals surface area contributed by atoms with E-state index >= 15 is 0 Å². The van der Waals surface area contributed by atoms with Gasteiger partial charge in [0.2, 0.25) is 0 Å². The van der Waals surface area contributed by atoms with Crippen LogP contribution in [0.15, 0.2) is 18.2 Å². The van der Waals surface area contributed by atoms with Crippen LogP contribution in [-0.2, 0) is 6.54 Å². The quantitative estimate of drug-likeness (QED) is 0.908. The lowest BCUT2D eigenvalue weighted by molar-refractivity contribution is 0.0341. The number of hydrogen-bond donors (Lipinski definition) is 1. The van der Waals surface area contributed by atoms with E-state index in [2.05, 4.69) is 17.1 Å². The van der Waals surface area contributed by atoms with Crippen molar-refractivity contribution in [3.8, 4) is 0 Å². The van der Waals surface area contributed by atoms with Crippen LogP contribution in [0.3, 0.4) is 0 Å². The molecular formula is C17H24ClFN2. The summed E-state index contributed by atoms with van der Waals surface area (Å²) in [6.07, 6.45) is 6.16. The summed E-state index contributed by atoms with van der Waals surface area (Å²) in [5.74, 6) is -0.178. The van der Waals surface area contributed by atoms with E-state index < -0.39 is 0 Å². The number of hydrogen-bond acceptors (Lipinski definition) is 2. The number of benzene rings is 1. The predicted octanol–water partition coefficient (Wildman–Crippen LogP) is 3.98. The zero-order valence-corrected chi connectivity index (χ0v) is 13.4. The zero-order chi connectivity index (χ0) is 14.9. The molecule has 1 aliphatic carbocycles. The van der Waals surface area contributed by atoms with Crippen LogP contribution >= 0.6 is 11.6 Å². The summed E-state index contributed by atoms with van der Waals surface area (Å²) in [6, 6.07) is 5.58. The molecular weight excluding hydrogens is 287 g/mol. The first-order chi connectivity index (χ1) is 10.1. The first kappa shape index (κ1) is 15.3. The normalized spacial score (nSPS) is 25.6. The summed E-state index contributed by atoms with van der Waals surface area (Å²) >= 11 is 5.86. The van der Waals surface area contributed by atoms with Gasteiger partial charge in [-0.1, -0.05) is 37.4 Å². The fourth-order valence-corrected chi connectivity index (χ4v) is 4.02. The lowest BCUT2D eigenvalue weighted by Gasteiger charge is -2.48. The van der Waals surface area contributed by atoms with Gasteiger partial charge < -0.3 is 5.32 Å². The van der Waals surface area contributed by atoms with E-state index in [-0.39, 0.29) is 11.4 Å². The van der Waals surface area contributed by atoms with Crippen LogP contribution in [0.1, 0.15) is 44.6 Å². The van der Waals surface area contributed by atoms with Crippen molar-refractivity contribution in [2.75, 3.05) is 13.1 Å². The van der Waals surface area contributed by atoms with Gasteiger partial charge in [-0.15, -0.1) is 0 Å². The number of nitrogens with zero attached hydrogens (tertiary/aromatic N) is 1. The van der Waals surface area contributed by atoms with Crippen LogP contribution in [0.2, 0.25) is 5.02 Å². The van der Waals surface area contributed by atoms with Gasteiger partial charge in [0.15, 0.2) is 0 Å². The van der Waals surface area contributed by atoms with Crippen molar-refractivity contribution in [3.05, 3.63) is 34.6 Å². The molecule has 1 aromatic rings. The van der Waals surface area contributed by atoms with Crippen LogP contribution in [0.5, 0.6) is 0 Å². The monoisotopic (exact) mass is 310 g/mol. The Balaban J connectivity index is 1.81. The molecule has 0 radical (unpaired) electrons. The highest BCUT2D eigenvalue weighted by atomic mass is 35.5. The molecule has 1 N–H and O–H groups in total. The highest BCUT2D eigenvalue weighted by molar-refractivity contribution is 6.30. The van der Waals surface area contributed by atoms with E-state index in [1.165, 1.54) is 31.7 Å². The fraction of sp³-hybridized carbons (Fsp3) is 0.647. The van der Waals surface area contributed by atoms with Crippen LogP contribution in [0.4, 0.5) is 4.39 Å². The second kappa shape index (κ2) is 6.23. The topological polar surface area (TPSA) is 15.3 Å². The Labute approximate surface area is 131 Å². The van der Waals surface area contributed by atoms with Crippen LogP contribution in [0.25, 0.3) is 0 Å². The van der Waals surface area contributed by atoms with Gasteiger partial charge in [0.25, 0.3) is 0 Å². The summed E-state index contributed by atoms with van der Waals surface area (Å²) in [5, 5.41) is 4.16. The molecule has 1 atom stereocenters. The standard InChI is InChI=1S/C17H24ClFN2/c1-2-15-11-21(17(12-20-15)7-3-4-8-17)10-13-5-6-14(18)9-16(13)19/h5-6,9,15,20H,2-4,7-8,10-12H2,1H3. The number of piperazine rings is 1. The number of halogens is 2. The molecule has 0 bridgehead atoms. The molecule has 1 saturated carbocycles. The third-order valence-corrected chi connectivity index (χ3v) is 5.47. The summed E-state index contributed by atoms with van der Waals surface area (Å²) < 4.78 is 14.1. The van der Waals surface area contributed by atoms with E-state index in [0.717, 1.165) is 25.1 Å². The van der Waals surface area contributed by atoms with Crippen molar-refractivity contribution in [2.45, 2.75) is 57.2 Å². The third kappa shape index (κ3) is 3.10. The Morgan fingerprint density at radius 2 is 2.14 bits per heavy atom. The minimum Gasteiger partial charge on any atom is -0.311 e.